The summed E-state index contributed by atoms with van der Waals surface area (Å²) in [5, 5.41) is 0. The van der Waals surface area contributed by atoms with E-state index in [1.807, 2.05) is 0 Å². The first-order chi connectivity index (χ1) is 8.78. The molecule has 2 aliphatic heterocycles. The Kier molecular flexibility index (Phi) is 3.24. The fourth-order valence-electron chi connectivity index (χ4n) is 2.95. The van der Waals surface area contributed by atoms with Crippen LogP contribution in [0, 0.1) is 5.92 Å². The minimum absolute atomic E-state index is 0.363. The Morgan fingerprint density at radius 3 is 3.11 bits per heavy atom. The Morgan fingerprint density at radius 1 is 1.44 bits per heavy atom. The lowest BCUT2D eigenvalue weighted by atomic mass is 9.98. The second-order valence-corrected chi connectivity index (χ2v) is 5.27. The molecule has 1 saturated heterocycles. The van der Waals surface area contributed by atoms with Gasteiger partial charge in [0.05, 0.1) is 6.61 Å². The third kappa shape index (κ3) is 2.11. The van der Waals surface area contributed by atoms with Crippen molar-refractivity contribution in [3.63, 3.8) is 0 Å². The number of rotatable bonds is 2. The molecule has 98 valence electrons. The molecule has 2 N–H and O–H groups in total. The van der Waals surface area contributed by atoms with Crippen LogP contribution in [0.15, 0.2) is 18.2 Å². The molecule has 0 amide bonds. The summed E-state index contributed by atoms with van der Waals surface area (Å²) in [5.41, 5.74) is 8.25. The number of hydrogen-bond acceptors (Lipinski definition) is 4. The van der Waals surface area contributed by atoms with Gasteiger partial charge in [0.25, 0.3) is 0 Å². The molecule has 0 bridgehead atoms. The monoisotopic (exact) mass is 248 g/mol. The van der Waals surface area contributed by atoms with Crippen LogP contribution < -0.4 is 10.5 Å². The Hall–Kier alpha value is -1.10. The van der Waals surface area contributed by atoms with Crippen molar-refractivity contribution in [2.45, 2.75) is 19.1 Å². The van der Waals surface area contributed by atoms with E-state index in [1.165, 1.54) is 5.56 Å². The number of ether oxygens (including phenoxy) is 2. The van der Waals surface area contributed by atoms with E-state index in [9.17, 15) is 0 Å². The van der Waals surface area contributed by atoms with Crippen molar-refractivity contribution in [3.8, 4) is 5.75 Å². The summed E-state index contributed by atoms with van der Waals surface area (Å²) < 4.78 is 10.8. The molecule has 4 nitrogen and oxygen atoms in total. The molecular formula is C14H20N2O2. The van der Waals surface area contributed by atoms with Gasteiger partial charge in [0, 0.05) is 18.2 Å². The molecule has 0 aromatic heterocycles. The molecule has 0 saturated carbocycles. The largest absolute Gasteiger partial charge is 0.467 e. The number of likely N-dealkylation sites (tertiary alicyclic amines) is 1. The van der Waals surface area contributed by atoms with Gasteiger partial charge in [-0.05, 0) is 37.6 Å². The first-order valence-electron chi connectivity index (χ1n) is 6.51. The van der Waals surface area contributed by atoms with Crippen LogP contribution in [0.4, 0.5) is 0 Å². The average Bonchev–Trinajstić information content (AvgIpc) is 2.79. The fourth-order valence-corrected chi connectivity index (χ4v) is 2.95. The Bertz CT molecular complexity index is 436. The first-order valence-corrected chi connectivity index (χ1v) is 6.51. The fraction of sp³-hybridized carbons (Fsp3) is 0.571. The zero-order chi connectivity index (χ0) is 12.5. The molecule has 2 aliphatic rings. The zero-order valence-electron chi connectivity index (χ0n) is 10.8. The van der Waals surface area contributed by atoms with Crippen LogP contribution in [0.2, 0.25) is 0 Å². The molecule has 1 fully saturated rings. The summed E-state index contributed by atoms with van der Waals surface area (Å²) in [6, 6.07) is 6.94. The molecule has 3 rings (SSSR count). The lowest BCUT2D eigenvalue weighted by Crippen LogP contribution is -2.20. The molecule has 1 aromatic rings. The van der Waals surface area contributed by atoms with Crippen molar-refractivity contribution < 1.29 is 9.47 Å². The zero-order valence-corrected chi connectivity index (χ0v) is 10.8. The molecule has 0 spiro atoms. The van der Waals surface area contributed by atoms with Crippen LogP contribution in [0.1, 0.15) is 23.6 Å². The number of nitrogens with two attached hydrogens (primary N) is 1. The van der Waals surface area contributed by atoms with Crippen molar-refractivity contribution in [3.05, 3.63) is 29.3 Å². The highest BCUT2D eigenvalue weighted by Crippen LogP contribution is 2.36. The topological polar surface area (TPSA) is 47.7 Å². The highest BCUT2D eigenvalue weighted by Gasteiger charge is 2.30. The number of nitrogens with zero attached hydrogens (tertiary/aromatic N) is 1. The molecule has 2 unspecified atom stereocenters. The van der Waals surface area contributed by atoms with Crippen LogP contribution in [-0.4, -0.2) is 31.8 Å². The Balaban J connectivity index is 1.84. The second kappa shape index (κ2) is 4.88. The molecule has 18 heavy (non-hydrogen) atoms. The lowest BCUT2D eigenvalue weighted by molar-refractivity contribution is -0.0164. The van der Waals surface area contributed by atoms with Gasteiger partial charge in [0.1, 0.15) is 5.75 Å². The van der Waals surface area contributed by atoms with Crippen molar-refractivity contribution in [2.24, 2.45) is 11.7 Å². The molecule has 0 aliphatic carbocycles. The van der Waals surface area contributed by atoms with E-state index >= 15 is 0 Å². The van der Waals surface area contributed by atoms with Gasteiger partial charge in [0.15, 0.2) is 6.79 Å². The minimum Gasteiger partial charge on any atom is -0.467 e. The van der Waals surface area contributed by atoms with E-state index in [4.69, 9.17) is 15.2 Å². The van der Waals surface area contributed by atoms with Gasteiger partial charge >= 0.3 is 0 Å². The van der Waals surface area contributed by atoms with Crippen LogP contribution in [-0.2, 0) is 11.3 Å². The van der Waals surface area contributed by atoms with Crippen LogP contribution in [0.5, 0.6) is 5.75 Å². The maximum Gasteiger partial charge on any atom is 0.189 e. The quantitative estimate of drug-likeness (QED) is 0.861. The molecule has 1 aromatic carbocycles. The standard InChI is InChI=1S/C14H20N2O2/c1-16-7-10(6-15)4-13(16)11-2-3-12-8-17-9-18-14(12)5-11/h2-3,5,10,13H,4,6-9,15H2,1H3. The maximum atomic E-state index is 5.78. The average molecular weight is 248 g/mol. The van der Waals surface area contributed by atoms with Crippen LogP contribution in [0.25, 0.3) is 0 Å². The number of benzene rings is 1. The van der Waals surface area contributed by atoms with Gasteiger partial charge < -0.3 is 15.2 Å². The third-order valence-corrected chi connectivity index (χ3v) is 4.00. The Morgan fingerprint density at radius 2 is 2.33 bits per heavy atom. The molecular weight excluding hydrogens is 228 g/mol. The lowest BCUT2D eigenvalue weighted by Gasteiger charge is -2.23. The molecule has 2 heterocycles. The third-order valence-electron chi connectivity index (χ3n) is 4.00. The van der Waals surface area contributed by atoms with Crippen molar-refractivity contribution in [1.82, 2.24) is 4.90 Å². The van der Waals surface area contributed by atoms with Crippen molar-refractivity contribution in [2.75, 3.05) is 26.9 Å². The summed E-state index contributed by atoms with van der Waals surface area (Å²) in [5.74, 6) is 1.59. The van der Waals surface area contributed by atoms with Gasteiger partial charge in [-0.3, -0.25) is 4.90 Å². The predicted octanol–water partition coefficient (Wildman–Crippen LogP) is 1.50. The van der Waals surface area contributed by atoms with Crippen molar-refractivity contribution >= 4 is 0 Å². The highest BCUT2D eigenvalue weighted by molar-refractivity contribution is 5.39. The van der Waals surface area contributed by atoms with E-state index in [0.29, 0.717) is 25.4 Å². The predicted molar refractivity (Wildman–Crippen MR) is 69.3 cm³/mol. The normalized spacial score (nSPS) is 27.9. The van der Waals surface area contributed by atoms with Crippen LogP contribution in [0.3, 0.4) is 0 Å². The molecule has 0 radical (unpaired) electrons. The second-order valence-electron chi connectivity index (χ2n) is 5.27. The van der Waals surface area contributed by atoms with Gasteiger partial charge in [-0.1, -0.05) is 12.1 Å². The Labute approximate surface area is 108 Å². The summed E-state index contributed by atoms with van der Waals surface area (Å²) in [6.45, 7) is 2.88. The highest BCUT2D eigenvalue weighted by atomic mass is 16.7. The molecule has 4 heteroatoms. The van der Waals surface area contributed by atoms with Gasteiger partial charge in [-0.15, -0.1) is 0 Å². The summed E-state index contributed by atoms with van der Waals surface area (Å²) in [7, 11) is 2.17. The van der Waals surface area contributed by atoms with Gasteiger partial charge in [-0.25, -0.2) is 0 Å². The number of fused-ring (bicyclic) bond motifs is 1. The maximum absolute atomic E-state index is 5.78. The van der Waals surface area contributed by atoms with Crippen LogP contribution >= 0.6 is 0 Å². The van der Waals surface area contributed by atoms with E-state index < -0.39 is 0 Å². The SMILES string of the molecule is CN1CC(CN)CC1c1ccc2c(c1)OCOC2. The first kappa shape index (κ1) is 12.0. The number of hydrogen-bond donors (Lipinski definition) is 1. The summed E-state index contributed by atoms with van der Waals surface area (Å²) >= 11 is 0. The van der Waals surface area contributed by atoms with Crippen molar-refractivity contribution in [1.29, 1.82) is 0 Å². The van der Waals surface area contributed by atoms with Gasteiger partial charge in [-0.2, -0.15) is 0 Å². The summed E-state index contributed by atoms with van der Waals surface area (Å²) in [4.78, 5) is 2.39. The molecule has 2 atom stereocenters. The van der Waals surface area contributed by atoms with E-state index in [2.05, 4.69) is 30.1 Å². The minimum atomic E-state index is 0.363. The smallest absolute Gasteiger partial charge is 0.189 e. The summed E-state index contributed by atoms with van der Waals surface area (Å²) in [6.07, 6.45) is 1.14. The van der Waals surface area contributed by atoms with E-state index in [-0.39, 0.29) is 0 Å². The van der Waals surface area contributed by atoms with Gasteiger partial charge in [0.2, 0.25) is 0 Å². The van der Waals surface area contributed by atoms with E-state index in [1.54, 1.807) is 0 Å². The van der Waals surface area contributed by atoms with E-state index in [0.717, 1.165) is 30.8 Å².